The monoisotopic (exact) mass is 291 g/mol. The number of rotatable bonds is 4. The maximum atomic E-state index is 14.1. The molecule has 1 saturated heterocycles. The fourth-order valence-electron chi connectivity index (χ4n) is 2.52. The molecule has 2 aromatic rings. The SMILES string of the molecule is COc1ccc2ncc(F)c(CCN3CCOCC3)c2n1. The zero-order valence-corrected chi connectivity index (χ0v) is 12.0. The topological polar surface area (TPSA) is 47.5 Å². The van der Waals surface area contributed by atoms with Crippen LogP contribution in [-0.2, 0) is 11.2 Å². The van der Waals surface area contributed by atoms with Gasteiger partial charge in [0.1, 0.15) is 5.82 Å². The van der Waals surface area contributed by atoms with Gasteiger partial charge in [-0.2, -0.15) is 0 Å². The average Bonchev–Trinajstić information content (AvgIpc) is 2.54. The van der Waals surface area contributed by atoms with Crippen molar-refractivity contribution in [3.8, 4) is 5.88 Å². The normalized spacial score (nSPS) is 16.3. The number of pyridine rings is 2. The van der Waals surface area contributed by atoms with E-state index >= 15 is 0 Å². The summed E-state index contributed by atoms with van der Waals surface area (Å²) < 4.78 is 24.6. The van der Waals surface area contributed by atoms with Gasteiger partial charge in [-0.25, -0.2) is 9.37 Å². The molecule has 112 valence electrons. The van der Waals surface area contributed by atoms with Crippen LogP contribution >= 0.6 is 0 Å². The van der Waals surface area contributed by atoms with Gasteiger partial charge in [-0.1, -0.05) is 0 Å². The van der Waals surface area contributed by atoms with E-state index in [0.717, 1.165) is 32.8 Å². The highest BCUT2D eigenvalue weighted by atomic mass is 19.1. The van der Waals surface area contributed by atoms with E-state index in [1.807, 2.05) is 0 Å². The Kier molecular flexibility index (Phi) is 4.26. The third-order valence-electron chi connectivity index (χ3n) is 3.73. The lowest BCUT2D eigenvalue weighted by atomic mass is 10.1. The fraction of sp³-hybridized carbons (Fsp3) is 0.467. The molecule has 1 fully saturated rings. The van der Waals surface area contributed by atoms with Gasteiger partial charge in [0, 0.05) is 31.3 Å². The average molecular weight is 291 g/mol. The van der Waals surface area contributed by atoms with Crippen molar-refractivity contribution < 1.29 is 13.9 Å². The van der Waals surface area contributed by atoms with Crippen molar-refractivity contribution in [3.05, 3.63) is 29.7 Å². The van der Waals surface area contributed by atoms with Crippen molar-refractivity contribution >= 4 is 11.0 Å². The van der Waals surface area contributed by atoms with Gasteiger partial charge in [0.15, 0.2) is 0 Å². The molecule has 0 aliphatic carbocycles. The van der Waals surface area contributed by atoms with Crippen molar-refractivity contribution in [2.24, 2.45) is 0 Å². The fourth-order valence-corrected chi connectivity index (χ4v) is 2.52. The molecule has 3 rings (SSSR count). The van der Waals surface area contributed by atoms with Gasteiger partial charge < -0.3 is 9.47 Å². The second-order valence-corrected chi connectivity index (χ2v) is 5.01. The summed E-state index contributed by atoms with van der Waals surface area (Å²) in [7, 11) is 1.55. The first-order chi connectivity index (χ1) is 10.3. The van der Waals surface area contributed by atoms with Crippen LogP contribution in [0.2, 0.25) is 0 Å². The van der Waals surface area contributed by atoms with Crippen LogP contribution in [0.25, 0.3) is 11.0 Å². The van der Waals surface area contributed by atoms with Gasteiger partial charge >= 0.3 is 0 Å². The number of aromatic nitrogens is 2. The van der Waals surface area contributed by atoms with E-state index in [4.69, 9.17) is 9.47 Å². The molecule has 0 spiro atoms. The Labute approximate surface area is 122 Å². The van der Waals surface area contributed by atoms with Crippen LogP contribution in [0.4, 0.5) is 4.39 Å². The highest BCUT2D eigenvalue weighted by Gasteiger charge is 2.15. The summed E-state index contributed by atoms with van der Waals surface area (Å²) in [5.74, 6) is 0.166. The number of nitrogens with zero attached hydrogens (tertiary/aromatic N) is 3. The highest BCUT2D eigenvalue weighted by molar-refractivity contribution is 5.78. The van der Waals surface area contributed by atoms with Gasteiger partial charge in [0.2, 0.25) is 5.88 Å². The number of morpholine rings is 1. The minimum Gasteiger partial charge on any atom is -0.481 e. The Hall–Kier alpha value is -1.79. The quantitative estimate of drug-likeness (QED) is 0.857. The molecule has 0 amide bonds. The van der Waals surface area contributed by atoms with E-state index < -0.39 is 0 Å². The summed E-state index contributed by atoms with van der Waals surface area (Å²) in [6, 6.07) is 3.54. The lowest BCUT2D eigenvalue weighted by Crippen LogP contribution is -2.37. The van der Waals surface area contributed by atoms with Gasteiger partial charge in [0.05, 0.1) is 37.6 Å². The summed E-state index contributed by atoms with van der Waals surface area (Å²) >= 11 is 0. The molecule has 0 N–H and O–H groups in total. The predicted octanol–water partition coefficient (Wildman–Crippen LogP) is 1.65. The largest absolute Gasteiger partial charge is 0.481 e. The standard InChI is InChI=1S/C15H18FN3O2/c1-20-14-3-2-13-15(18-14)11(12(16)10-17-13)4-5-19-6-8-21-9-7-19/h2-3,10H,4-9H2,1H3. The molecular weight excluding hydrogens is 273 g/mol. The van der Waals surface area contributed by atoms with Crippen molar-refractivity contribution in [1.29, 1.82) is 0 Å². The van der Waals surface area contributed by atoms with Crippen LogP contribution < -0.4 is 4.74 Å². The van der Waals surface area contributed by atoms with Crippen LogP contribution in [0.3, 0.4) is 0 Å². The molecule has 0 aromatic carbocycles. The Morgan fingerprint density at radius 2 is 2.14 bits per heavy atom. The smallest absolute Gasteiger partial charge is 0.213 e. The van der Waals surface area contributed by atoms with Crippen LogP contribution in [0.5, 0.6) is 5.88 Å². The minimum atomic E-state index is -0.309. The molecule has 0 radical (unpaired) electrons. The highest BCUT2D eigenvalue weighted by Crippen LogP contribution is 2.21. The summed E-state index contributed by atoms with van der Waals surface area (Å²) in [6.07, 6.45) is 1.87. The number of fused-ring (bicyclic) bond motifs is 1. The molecule has 0 unspecified atom stereocenters. The maximum Gasteiger partial charge on any atom is 0.213 e. The summed E-state index contributed by atoms with van der Waals surface area (Å²) in [5, 5.41) is 0. The number of ether oxygens (including phenoxy) is 2. The third-order valence-corrected chi connectivity index (χ3v) is 3.73. The molecule has 0 saturated carbocycles. The van der Waals surface area contributed by atoms with Crippen LogP contribution in [0.15, 0.2) is 18.3 Å². The first kappa shape index (κ1) is 14.2. The molecule has 5 nitrogen and oxygen atoms in total. The summed E-state index contributed by atoms with van der Waals surface area (Å²) in [6.45, 7) is 4.05. The predicted molar refractivity (Wildman–Crippen MR) is 77.0 cm³/mol. The first-order valence-electron chi connectivity index (χ1n) is 7.06. The minimum absolute atomic E-state index is 0.309. The number of methoxy groups -OCH3 is 1. The van der Waals surface area contributed by atoms with Gasteiger partial charge in [-0.15, -0.1) is 0 Å². The van der Waals surface area contributed by atoms with E-state index in [1.54, 1.807) is 19.2 Å². The first-order valence-corrected chi connectivity index (χ1v) is 7.06. The van der Waals surface area contributed by atoms with Gasteiger partial charge in [-0.3, -0.25) is 9.88 Å². The molecule has 1 aliphatic rings. The van der Waals surface area contributed by atoms with Gasteiger partial charge in [-0.05, 0) is 12.5 Å². The van der Waals surface area contributed by atoms with Crippen LogP contribution in [0, 0.1) is 5.82 Å². The molecule has 21 heavy (non-hydrogen) atoms. The molecule has 1 aliphatic heterocycles. The van der Waals surface area contributed by atoms with Crippen molar-refractivity contribution in [1.82, 2.24) is 14.9 Å². The summed E-state index contributed by atoms with van der Waals surface area (Å²) in [5.41, 5.74) is 1.88. The lowest BCUT2D eigenvalue weighted by molar-refractivity contribution is 0.0384. The Morgan fingerprint density at radius 3 is 2.90 bits per heavy atom. The second kappa shape index (κ2) is 6.32. The molecular formula is C15H18FN3O2. The Morgan fingerprint density at radius 1 is 1.33 bits per heavy atom. The van der Waals surface area contributed by atoms with E-state index in [-0.39, 0.29) is 5.82 Å². The second-order valence-electron chi connectivity index (χ2n) is 5.01. The van der Waals surface area contributed by atoms with Gasteiger partial charge in [0.25, 0.3) is 0 Å². The van der Waals surface area contributed by atoms with Crippen molar-refractivity contribution in [3.63, 3.8) is 0 Å². The van der Waals surface area contributed by atoms with Crippen LogP contribution in [-0.4, -0.2) is 54.8 Å². The molecule has 0 atom stereocenters. The number of halogens is 1. The van der Waals surface area contributed by atoms with E-state index in [0.29, 0.717) is 28.9 Å². The van der Waals surface area contributed by atoms with E-state index in [2.05, 4.69) is 14.9 Å². The Balaban J connectivity index is 1.86. The summed E-state index contributed by atoms with van der Waals surface area (Å²) in [4.78, 5) is 10.7. The molecule has 0 bridgehead atoms. The van der Waals surface area contributed by atoms with Crippen molar-refractivity contribution in [2.75, 3.05) is 40.0 Å². The van der Waals surface area contributed by atoms with Crippen molar-refractivity contribution in [2.45, 2.75) is 6.42 Å². The van der Waals surface area contributed by atoms with Crippen LogP contribution in [0.1, 0.15) is 5.56 Å². The molecule has 6 heteroatoms. The zero-order chi connectivity index (χ0) is 14.7. The number of hydrogen-bond donors (Lipinski definition) is 0. The molecule has 3 heterocycles. The maximum absolute atomic E-state index is 14.1. The zero-order valence-electron chi connectivity index (χ0n) is 12.0. The third kappa shape index (κ3) is 3.11. The molecule has 2 aromatic heterocycles. The number of hydrogen-bond acceptors (Lipinski definition) is 5. The lowest BCUT2D eigenvalue weighted by Gasteiger charge is -2.26. The van der Waals surface area contributed by atoms with E-state index in [9.17, 15) is 4.39 Å². The Bertz CT molecular complexity index is 630. The van der Waals surface area contributed by atoms with E-state index in [1.165, 1.54) is 6.20 Å².